The quantitative estimate of drug-likeness (QED) is 0.928. The molecule has 0 saturated carbocycles. The number of pyridine rings is 1. The maximum atomic E-state index is 12.4. The lowest BCUT2D eigenvalue weighted by atomic mass is 10.2. The number of para-hydroxylation sites is 1. The zero-order valence-electron chi connectivity index (χ0n) is 10.7. The highest BCUT2D eigenvalue weighted by molar-refractivity contribution is 5.40. The van der Waals surface area contributed by atoms with Crippen molar-refractivity contribution in [2.75, 3.05) is 12.4 Å². The molecule has 0 fully saturated rings. The SMILES string of the molecule is COc1ccccc1CNc1ccc(C(F)(F)F)cn1. The number of methoxy groups -OCH3 is 1. The molecule has 1 N–H and O–H groups in total. The van der Waals surface area contributed by atoms with E-state index in [1.54, 1.807) is 7.11 Å². The summed E-state index contributed by atoms with van der Waals surface area (Å²) in [5, 5.41) is 2.96. The highest BCUT2D eigenvalue weighted by Gasteiger charge is 2.30. The van der Waals surface area contributed by atoms with E-state index in [0.717, 1.165) is 17.8 Å². The Kier molecular flexibility index (Phi) is 4.12. The van der Waals surface area contributed by atoms with Crippen LogP contribution in [0.3, 0.4) is 0 Å². The number of nitrogens with one attached hydrogen (secondary N) is 1. The molecule has 0 aliphatic rings. The van der Waals surface area contributed by atoms with Gasteiger partial charge < -0.3 is 10.1 Å². The van der Waals surface area contributed by atoms with Gasteiger partial charge in [0.25, 0.3) is 0 Å². The Morgan fingerprint density at radius 1 is 1.15 bits per heavy atom. The van der Waals surface area contributed by atoms with Gasteiger partial charge in [-0.2, -0.15) is 13.2 Å². The average Bonchev–Trinajstić information content (AvgIpc) is 2.45. The number of anilines is 1. The monoisotopic (exact) mass is 282 g/mol. The van der Waals surface area contributed by atoms with E-state index in [9.17, 15) is 13.2 Å². The molecule has 0 radical (unpaired) electrons. The topological polar surface area (TPSA) is 34.1 Å². The van der Waals surface area contributed by atoms with Gasteiger partial charge in [0.1, 0.15) is 11.6 Å². The minimum absolute atomic E-state index is 0.379. The molecule has 0 bridgehead atoms. The molecule has 2 rings (SSSR count). The van der Waals surface area contributed by atoms with Crippen molar-refractivity contribution in [2.24, 2.45) is 0 Å². The van der Waals surface area contributed by atoms with Crippen molar-refractivity contribution in [2.45, 2.75) is 12.7 Å². The Balaban J connectivity index is 2.04. The van der Waals surface area contributed by atoms with Gasteiger partial charge in [0, 0.05) is 18.3 Å². The molecule has 0 spiro atoms. The van der Waals surface area contributed by atoms with Crippen molar-refractivity contribution in [1.82, 2.24) is 4.98 Å². The normalized spacial score (nSPS) is 11.2. The Morgan fingerprint density at radius 3 is 2.50 bits per heavy atom. The number of halogens is 3. The van der Waals surface area contributed by atoms with Gasteiger partial charge in [-0.15, -0.1) is 0 Å². The second-order valence-electron chi connectivity index (χ2n) is 4.10. The van der Waals surface area contributed by atoms with E-state index in [2.05, 4.69) is 10.3 Å². The molecular weight excluding hydrogens is 269 g/mol. The van der Waals surface area contributed by atoms with Crippen LogP contribution in [0.2, 0.25) is 0 Å². The molecule has 1 heterocycles. The van der Waals surface area contributed by atoms with E-state index in [0.29, 0.717) is 18.1 Å². The molecule has 0 aliphatic carbocycles. The fourth-order valence-corrected chi connectivity index (χ4v) is 1.70. The summed E-state index contributed by atoms with van der Waals surface area (Å²) in [5.41, 5.74) is 0.136. The van der Waals surface area contributed by atoms with Gasteiger partial charge in [-0.05, 0) is 18.2 Å². The molecule has 1 aromatic heterocycles. The summed E-state index contributed by atoms with van der Waals surface area (Å²) in [7, 11) is 1.56. The van der Waals surface area contributed by atoms with Gasteiger partial charge >= 0.3 is 6.18 Å². The van der Waals surface area contributed by atoms with Crippen molar-refractivity contribution in [3.05, 3.63) is 53.7 Å². The first kappa shape index (κ1) is 14.2. The molecular formula is C14H13F3N2O. The van der Waals surface area contributed by atoms with Gasteiger partial charge in [0.15, 0.2) is 0 Å². The van der Waals surface area contributed by atoms with E-state index >= 15 is 0 Å². The van der Waals surface area contributed by atoms with Gasteiger partial charge in [0.05, 0.1) is 12.7 Å². The van der Waals surface area contributed by atoms with E-state index in [1.807, 2.05) is 24.3 Å². The summed E-state index contributed by atoms with van der Waals surface area (Å²) in [6, 6.07) is 9.70. The van der Waals surface area contributed by atoms with Crippen LogP contribution in [0.1, 0.15) is 11.1 Å². The van der Waals surface area contributed by atoms with Crippen LogP contribution in [0.5, 0.6) is 5.75 Å². The van der Waals surface area contributed by atoms with Crippen LogP contribution in [0.4, 0.5) is 19.0 Å². The van der Waals surface area contributed by atoms with E-state index in [1.165, 1.54) is 6.07 Å². The predicted molar refractivity (Wildman–Crippen MR) is 69.6 cm³/mol. The summed E-state index contributed by atoms with van der Waals surface area (Å²) in [5.74, 6) is 1.09. The third-order valence-electron chi connectivity index (χ3n) is 2.74. The molecule has 106 valence electrons. The van der Waals surface area contributed by atoms with Crippen molar-refractivity contribution in [3.63, 3.8) is 0 Å². The molecule has 0 aliphatic heterocycles. The van der Waals surface area contributed by atoms with Crippen molar-refractivity contribution in [1.29, 1.82) is 0 Å². The first-order valence-corrected chi connectivity index (χ1v) is 5.89. The van der Waals surface area contributed by atoms with Crippen LogP contribution in [0, 0.1) is 0 Å². The van der Waals surface area contributed by atoms with Crippen LogP contribution in [-0.4, -0.2) is 12.1 Å². The standard InChI is InChI=1S/C14H13F3N2O/c1-20-12-5-3-2-4-10(12)8-18-13-7-6-11(9-19-13)14(15,16)17/h2-7,9H,8H2,1H3,(H,18,19). The molecule has 0 unspecified atom stereocenters. The smallest absolute Gasteiger partial charge is 0.417 e. The average molecular weight is 282 g/mol. The van der Waals surface area contributed by atoms with Crippen LogP contribution >= 0.6 is 0 Å². The summed E-state index contributed by atoms with van der Waals surface area (Å²) >= 11 is 0. The van der Waals surface area contributed by atoms with E-state index in [-0.39, 0.29) is 0 Å². The third-order valence-corrected chi connectivity index (χ3v) is 2.74. The number of alkyl halides is 3. The molecule has 20 heavy (non-hydrogen) atoms. The third kappa shape index (κ3) is 3.40. The number of rotatable bonds is 4. The van der Waals surface area contributed by atoms with Crippen LogP contribution in [0.25, 0.3) is 0 Å². The summed E-state index contributed by atoms with van der Waals surface area (Å²) in [4.78, 5) is 3.74. The number of aromatic nitrogens is 1. The second kappa shape index (κ2) is 5.81. The van der Waals surface area contributed by atoms with Crippen molar-refractivity contribution < 1.29 is 17.9 Å². The second-order valence-corrected chi connectivity index (χ2v) is 4.10. The van der Waals surface area contributed by atoms with Gasteiger partial charge in [-0.25, -0.2) is 4.98 Å². The van der Waals surface area contributed by atoms with Crippen LogP contribution in [0.15, 0.2) is 42.6 Å². The zero-order valence-corrected chi connectivity index (χ0v) is 10.7. The van der Waals surface area contributed by atoms with Crippen molar-refractivity contribution >= 4 is 5.82 Å². The Morgan fingerprint density at radius 2 is 1.90 bits per heavy atom. The van der Waals surface area contributed by atoms with Crippen LogP contribution < -0.4 is 10.1 Å². The van der Waals surface area contributed by atoms with Crippen molar-refractivity contribution in [3.8, 4) is 5.75 Å². The number of nitrogens with zero attached hydrogens (tertiary/aromatic N) is 1. The minimum atomic E-state index is -4.37. The molecule has 0 saturated heterocycles. The lowest BCUT2D eigenvalue weighted by Gasteiger charge is -2.11. The first-order chi connectivity index (χ1) is 9.50. The minimum Gasteiger partial charge on any atom is -0.496 e. The summed E-state index contributed by atoms with van der Waals surface area (Å²) < 4.78 is 42.4. The number of ether oxygens (including phenoxy) is 1. The summed E-state index contributed by atoms with van der Waals surface area (Å²) in [6.07, 6.45) is -3.56. The zero-order chi connectivity index (χ0) is 14.6. The van der Waals surface area contributed by atoms with Crippen LogP contribution in [-0.2, 0) is 12.7 Å². The molecule has 2 aromatic rings. The first-order valence-electron chi connectivity index (χ1n) is 5.89. The number of hydrogen-bond acceptors (Lipinski definition) is 3. The predicted octanol–water partition coefficient (Wildman–Crippen LogP) is 3.72. The van der Waals surface area contributed by atoms with Gasteiger partial charge in [-0.1, -0.05) is 18.2 Å². The van der Waals surface area contributed by atoms with Gasteiger partial charge in [-0.3, -0.25) is 0 Å². The lowest BCUT2D eigenvalue weighted by molar-refractivity contribution is -0.137. The van der Waals surface area contributed by atoms with Gasteiger partial charge in [0.2, 0.25) is 0 Å². The maximum absolute atomic E-state index is 12.4. The maximum Gasteiger partial charge on any atom is 0.417 e. The number of benzene rings is 1. The fourth-order valence-electron chi connectivity index (χ4n) is 1.70. The Labute approximate surface area is 114 Å². The molecule has 6 heteroatoms. The number of hydrogen-bond donors (Lipinski definition) is 1. The molecule has 0 amide bonds. The molecule has 1 aromatic carbocycles. The Hall–Kier alpha value is -2.24. The van der Waals surface area contributed by atoms with E-state index in [4.69, 9.17) is 4.74 Å². The highest BCUT2D eigenvalue weighted by atomic mass is 19.4. The molecule has 0 atom stereocenters. The largest absolute Gasteiger partial charge is 0.496 e. The summed E-state index contributed by atoms with van der Waals surface area (Å²) in [6.45, 7) is 0.419. The Bertz CT molecular complexity index is 567. The fraction of sp³-hybridized carbons (Fsp3) is 0.214. The van der Waals surface area contributed by atoms with E-state index < -0.39 is 11.7 Å². The highest BCUT2D eigenvalue weighted by Crippen LogP contribution is 2.29. The molecule has 3 nitrogen and oxygen atoms in total. The lowest BCUT2D eigenvalue weighted by Crippen LogP contribution is -2.07.